The second kappa shape index (κ2) is 6.31. The summed E-state index contributed by atoms with van der Waals surface area (Å²) in [6.45, 7) is 1.83. The van der Waals surface area contributed by atoms with E-state index in [1.165, 1.54) is 17.4 Å². The highest BCUT2D eigenvalue weighted by Crippen LogP contribution is 2.22. The van der Waals surface area contributed by atoms with Gasteiger partial charge in [0, 0.05) is 13.1 Å². The standard InChI is InChI=1S/C13H14N4O3S/c1-8(9-3-4-21-7-9)16-13(18)10-5-12(14-2)15-6-11(10)17(19)20/h3-8H,1-2H3,(H,14,15)(H,16,18). The molecule has 0 spiro atoms. The molecule has 0 saturated heterocycles. The molecule has 7 nitrogen and oxygen atoms in total. The van der Waals surface area contributed by atoms with E-state index in [0.717, 1.165) is 11.8 Å². The van der Waals surface area contributed by atoms with Gasteiger partial charge in [0.1, 0.15) is 17.6 Å². The van der Waals surface area contributed by atoms with Crippen molar-refractivity contribution in [3.05, 3.63) is 50.3 Å². The molecule has 0 aliphatic carbocycles. The molecule has 21 heavy (non-hydrogen) atoms. The van der Waals surface area contributed by atoms with Crippen molar-refractivity contribution in [2.45, 2.75) is 13.0 Å². The number of rotatable bonds is 5. The molecular formula is C13H14N4O3S. The average molecular weight is 306 g/mol. The van der Waals surface area contributed by atoms with Crippen LogP contribution in [0.5, 0.6) is 0 Å². The van der Waals surface area contributed by atoms with E-state index in [1.54, 1.807) is 7.05 Å². The third kappa shape index (κ3) is 3.34. The Morgan fingerprint density at radius 3 is 2.86 bits per heavy atom. The first-order valence-corrected chi connectivity index (χ1v) is 7.12. The summed E-state index contributed by atoms with van der Waals surface area (Å²) in [6.07, 6.45) is 1.08. The number of amides is 1. The minimum absolute atomic E-state index is 0.0126. The van der Waals surface area contributed by atoms with Crippen molar-refractivity contribution in [3.63, 3.8) is 0 Å². The monoisotopic (exact) mass is 306 g/mol. The lowest BCUT2D eigenvalue weighted by Gasteiger charge is -2.13. The zero-order valence-corrected chi connectivity index (χ0v) is 12.3. The highest BCUT2D eigenvalue weighted by atomic mass is 32.1. The Labute approximate surface area is 125 Å². The zero-order valence-electron chi connectivity index (χ0n) is 11.5. The molecule has 0 aromatic carbocycles. The number of anilines is 1. The summed E-state index contributed by atoms with van der Waals surface area (Å²) >= 11 is 1.53. The van der Waals surface area contributed by atoms with Gasteiger partial charge in [-0.1, -0.05) is 0 Å². The molecule has 0 bridgehead atoms. The minimum atomic E-state index is -0.614. The van der Waals surface area contributed by atoms with Gasteiger partial charge >= 0.3 is 0 Å². The van der Waals surface area contributed by atoms with Crippen molar-refractivity contribution in [2.75, 3.05) is 12.4 Å². The second-order valence-corrected chi connectivity index (χ2v) is 5.13. The summed E-state index contributed by atoms with van der Waals surface area (Å²) < 4.78 is 0. The lowest BCUT2D eigenvalue weighted by Crippen LogP contribution is -2.27. The normalized spacial score (nSPS) is 11.7. The zero-order chi connectivity index (χ0) is 15.4. The summed E-state index contributed by atoms with van der Waals surface area (Å²) in [7, 11) is 1.63. The molecule has 0 radical (unpaired) electrons. The number of nitrogens with zero attached hydrogens (tertiary/aromatic N) is 2. The van der Waals surface area contributed by atoms with Gasteiger partial charge in [-0.15, -0.1) is 0 Å². The number of thiophene rings is 1. The Morgan fingerprint density at radius 1 is 1.52 bits per heavy atom. The van der Waals surface area contributed by atoms with Crippen LogP contribution in [0, 0.1) is 10.1 Å². The van der Waals surface area contributed by atoms with Crippen LogP contribution < -0.4 is 10.6 Å². The Bertz CT molecular complexity index is 657. The summed E-state index contributed by atoms with van der Waals surface area (Å²) in [5, 5.41) is 20.3. The number of hydrogen-bond acceptors (Lipinski definition) is 6. The van der Waals surface area contributed by atoms with Gasteiger partial charge in [0.2, 0.25) is 0 Å². The van der Waals surface area contributed by atoms with Crippen LogP contribution >= 0.6 is 11.3 Å². The molecule has 0 saturated carbocycles. The average Bonchev–Trinajstić information content (AvgIpc) is 3.00. The quantitative estimate of drug-likeness (QED) is 0.653. The fraction of sp³-hybridized carbons (Fsp3) is 0.231. The minimum Gasteiger partial charge on any atom is -0.373 e. The van der Waals surface area contributed by atoms with Crippen LogP contribution in [0.3, 0.4) is 0 Å². The Balaban J connectivity index is 2.27. The van der Waals surface area contributed by atoms with Crippen molar-refractivity contribution < 1.29 is 9.72 Å². The van der Waals surface area contributed by atoms with E-state index in [0.29, 0.717) is 5.82 Å². The second-order valence-electron chi connectivity index (χ2n) is 4.35. The SMILES string of the molecule is CNc1cc(C(=O)NC(C)c2ccsc2)c([N+](=O)[O-])cn1. The summed E-state index contributed by atoms with van der Waals surface area (Å²) in [4.78, 5) is 26.5. The number of aromatic nitrogens is 1. The van der Waals surface area contributed by atoms with Crippen LogP contribution in [-0.2, 0) is 0 Å². The van der Waals surface area contributed by atoms with Gasteiger partial charge in [0.25, 0.3) is 11.6 Å². The van der Waals surface area contributed by atoms with Crippen LogP contribution in [0.4, 0.5) is 11.5 Å². The lowest BCUT2D eigenvalue weighted by atomic mass is 10.1. The molecule has 1 amide bonds. The van der Waals surface area contributed by atoms with Gasteiger partial charge < -0.3 is 10.6 Å². The maximum absolute atomic E-state index is 12.3. The molecule has 0 aliphatic heterocycles. The largest absolute Gasteiger partial charge is 0.373 e. The van der Waals surface area contributed by atoms with E-state index >= 15 is 0 Å². The van der Waals surface area contributed by atoms with E-state index in [-0.39, 0.29) is 17.3 Å². The number of carbonyl (C=O) groups is 1. The first-order chi connectivity index (χ1) is 10.0. The van der Waals surface area contributed by atoms with Gasteiger partial charge in [-0.25, -0.2) is 4.98 Å². The molecule has 1 unspecified atom stereocenters. The van der Waals surface area contributed by atoms with Crippen molar-refractivity contribution in [2.24, 2.45) is 0 Å². The van der Waals surface area contributed by atoms with Crippen LogP contribution in [-0.4, -0.2) is 22.9 Å². The van der Waals surface area contributed by atoms with Crippen molar-refractivity contribution >= 4 is 28.7 Å². The van der Waals surface area contributed by atoms with Gasteiger partial charge in [-0.2, -0.15) is 11.3 Å². The highest BCUT2D eigenvalue weighted by molar-refractivity contribution is 7.07. The molecule has 0 aliphatic rings. The number of hydrogen-bond donors (Lipinski definition) is 2. The number of carbonyl (C=O) groups excluding carboxylic acids is 1. The summed E-state index contributed by atoms with van der Waals surface area (Å²) in [5.41, 5.74) is 0.629. The molecule has 2 rings (SSSR count). The van der Waals surface area contributed by atoms with Gasteiger partial charge in [0.15, 0.2) is 0 Å². The van der Waals surface area contributed by atoms with Crippen molar-refractivity contribution in [1.29, 1.82) is 0 Å². The fourth-order valence-electron chi connectivity index (χ4n) is 1.79. The Morgan fingerprint density at radius 2 is 2.29 bits per heavy atom. The molecule has 110 valence electrons. The lowest BCUT2D eigenvalue weighted by molar-refractivity contribution is -0.385. The van der Waals surface area contributed by atoms with E-state index in [2.05, 4.69) is 15.6 Å². The number of nitro groups is 1. The van der Waals surface area contributed by atoms with E-state index in [4.69, 9.17) is 0 Å². The highest BCUT2D eigenvalue weighted by Gasteiger charge is 2.23. The first-order valence-electron chi connectivity index (χ1n) is 6.18. The first kappa shape index (κ1) is 14.9. The van der Waals surface area contributed by atoms with Crippen LogP contribution in [0.25, 0.3) is 0 Å². The fourth-order valence-corrected chi connectivity index (χ4v) is 2.55. The molecule has 0 fully saturated rings. The maximum Gasteiger partial charge on any atom is 0.300 e. The third-order valence-corrected chi connectivity index (χ3v) is 3.67. The van der Waals surface area contributed by atoms with Crippen molar-refractivity contribution in [1.82, 2.24) is 10.3 Å². The van der Waals surface area contributed by atoms with Gasteiger partial charge in [0.05, 0.1) is 11.0 Å². The van der Waals surface area contributed by atoms with Crippen molar-refractivity contribution in [3.8, 4) is 0 Å². The summed E-state index contributed by atoms with van der Waals surface area (Å²) in [5.74, 6) is -0.103. The van der Waals surface area contributed by atoms with E-state index in [1.807, 2.05) is 23.8 Å². The molecular weight excluding hydrogens is 292 g/mol. The van der Waals surface area contributed by atoms with E-state index in [9.17, 15) is 14.9 Å². The Kier molecular flexibility index (Phi) is 4.49. The van der Waals surface area contributed by atoms with Gasteiger partial charge in [-0.3, -0.25) is 14.9 Å². The van der Waals surface area contributed by atoms with Gasteiger partial charge in [-0.05, 0) is 29.3 Å². The van der Waals surface area contributed by atoms with E-state index < -0.39 is 10.8 Å². The number of nitrogens with one attached hydrogen (secondary N) is 2. The summed E-state index contributed by atoms with van der Waals surface area (Å²) in [6, 6.07) is 3.04. The van der Waals surface area contributed by atoms with Crippen LogP contribution in [0.15, 0.2) is 29.1 Å². The van der Waals surface area contributed by atoms with Crippen LogP contribution in [0.2, 0.25) is 0 Å². The predicted molar refractivity (Wildman–Crippen MR) is 80.6 cm³/mol. The number of pyridine rings is 1. The molecule has 2 aromatic rings. The molecule has 1 atom stereocenters. The molecule has 2 N–H and O–H groups in total. The molecule has 2 heterocycles. The Hall–Kier alpha value is -2.48. The molecule has 8 heteroatoms. The smallest absolute Gasteiger partial charge is 0.300 e. The molecule has 2 aromatic heterocycles. The topological polar surface area (TPSA) is 97.2 Å². The third-order valence-electron chi connectivity index (χ3n) is 2.97. The predicted octanol–water partition coefficient (Wildman–Crippen LogP) is 2.58. The maximum atomic E-state index is 12.3. The van der Waals surface area contributed by atoms with Crippen LogP contribution in [0.1, 0.15) is 28.9 Å².